The highest BCUT2D eigenvalue weighted by atomic mass is 35.5. The highest BCUT2D eigenvalue weighted by Gasteiger charge is 2.07. The third kappa shape index (κ3) is 3.38. The Bertz CT molecular complexity index is 594. The molecule has 0 fully saturated rings. The van der Waals surface area contributed by atoms with Gasteiger partial charge in [-0.1, -0.05) is 34.8 Å². The molecule has 6 heteroatoms. The normalized spacial score (nSPS) is 10.5. The van der Waals surface area contributed by atoms with Crippen molar-refractivity contribution in [3.63, 3.8) is 0 Å². The lowest BCUT2D eigenvalue weighted by Gasteiger charge is -2.10. The minimum atomic E-state index is -0.153. The van der Waals surface area contributed by atoms with Gasteiger partial charge in [0.05, 0.1) is 10.0 Å². The summed E-state index contributed by atoms with van der Waals surface area (Å²) >= 11 is 17.5. The van der Waals surface area contributed by atoms with E-state index in [1.807, 2.05) is 0 Å². The Balaban J connectivity index is 2.17. The third-order valence-corrected chi connectivity index (χ3v) is 3.35. The molecule has 0 bridgehead atoms. The number of hydrogen-bond donors (Lipinski definition) is 3. The fourth-order valence-corrected chi connectivity index (χ4v) is 2.24. The molecule has 0 atom stereocenters. The number of hydrogen-bond acceptors (Lipinski definition) is 3. The average molecular weight is 319 g/mol. The van der Waals surface area contributed by atoms with E-state index in [1.165, 1.54) is 6.07 Å². The highest BCUT2D eigenvalue weighted by molar-refractivity contribution is 6.37. The van der Waals surface area contributed by atoms with Gasteiger partial charge >= 0.3 is 0 Å². The molecule has 0 unspecified atom stereocenters. The van der Waals surface area contributed by atoms with Crippen LogP contribution < -0.4 is 5.32 Å². The van der Waals surface area contributed by atoms with E-state index in [-0.39, 0.29) is 21.5 Å². The van der Waals surface area contributed by atoms with Gasteiger partial charge in [0.25, 0.3) is 0 Å². The molecule has 2 aromatic carbocycles. The second-order valence-corrected chi connectivity index (χ2v) is 5.17. The van der Waals surface area contributed by atoms with Gasteiger partial charge in [-0.2, -0.15) is 0 Å². The summed E-state index contributed by atoms with van der Waals surface area (Å²) in [6, 6.07) is 7.88. The Kier molecular flexibility index (Phi) is 4.30. The van der Waals surface area contributed by atoms with Gasteiger partial charge in [-0.25, -0.2) is 0 Å². The van der Waals surface area contributed by atoms with Gasteiger partial charge in [0.15, 0.2) is 5.75 Å². The lowest BCUT2D eigenvalue weighted by atomic mass is 10.2. The Hall–Kier alpha value is -1.29. The molecule has 0 amide bonds. The number of anilines is 1. The summed E-state index contributed by atoms with van der Waals surface area (Å²) in [6.45, 7) is 0.351. The first-order valence-electron chi connectivity index (χ1n) is 5.36. The Morgan fingerprint density at radius 2 is 1.58 bits per heavy atom. The molecule has 2 aromatic rings. The smallest absolute Gasteiger partial charge is 0.152 e. The summed E-state index contributed by atoms with van der Waals surface area (Å²) in [5.74, 6) is -0.00708. The first-order chi connectivity index (χ1) is 8.97. The van der Waals surface area contributed by atoms with Gasteiger partial charge < -0.3 is 15.5 Å². The molecule has 19 heavy (non-hydrogen) atoms. The van der Waals surface area contributed by atoms with Gasteiger partial charge in [0.2, 0.25) is 0 Å². The number of halogens is 3. The molecule has 100 valence electrons. The van der Waals surface area contributed by atoms with Crippen molar-refractivity contribution in [2.45, 2.75) is 6.54 Å². The molecule has 0 aromatic heterocycles. The van der Waals surface area contributed by atoms with Gasteiger partial charge in [0.1, 0.15) is 5.75 Å². The SMILES string of the molecule is Oc1ccc(Cl)cc1CNc1cc(Cl)c(O)c(Cl)c1. The van der Waals surface area contributed by atoms with E-state index in [1.54, 1.807) is 24.3 Å². The zero-order chi connectivity index (χ0) is 14.0. The molecular weight excluding hydrogens is 309 g/mol. The van der Waals surface area contributed by atoms with Crippen molar-refractivity contribution in [1.82, 2.24) is 0 Å². The van der Waals surface area contributed by atoms with Crippen LogP contribution in [0.15, 0.2) is 30.3 Å². The third-order valence-electron chi connectivity index (χ3n) is 2.54. The summed E-state index contributed by atoms with van der Waals surface area (Å²) in [7, 11) is 0. The van der Waals surface area contributed by atoms with Gasteiger partial charge in [-0.05, 0) is 30.3 Å². The molecule has 0 radical (unpaired) electrons. The second kappa shape index (κ2) is 5.78. The molecule has 0 saturated carbocycles. The quantitative estimate of drug-likeness (QED) is 0.721. The zero-order valence-electron chi connectivity index (χ0n) is 9.62. The van der Waals surface area contributed by atoms with Gasteiger partial charge in [0, 0.05) is 22.8 Å². The topological polar surface area (TPSA) is 52.5 Å². The predicted molar refractivity (Wildman–Crippen MR) is 78.6 cm³/mol. The maximum Gasteiger partial charge on any atom is 0.152 e. The maximum absolute atomic E-state index is 9.68. The van der Waals surface area contributed by atoms with E-state index in [9.17, 15) is 10.2 Å². The molecule has 3 N–H and O–H groups in total. The fraction of sp³-hybridized carbons (Fsp3) is 0.0769. The molecule has 0 spiro atoms. The van der Waals surface area contributed by atoms with E-state index in [4.69, 9.17) is 34.8 Å². The summed E-state index contributed by atoms with van der Waals surface area (Å²) < 4.78 is 0. The van der Waals surface area contributed by atoms with Crippen LogP contribution in [0.2, 0.25) is 15.1 Å². The first kappa shape index (κ1) is 14.1. The van der Waals surface area contributed by atoms with Crippen LogP contribution in [0.3, 0.4) is 0 Å². The number of phenolic OH excluding ortho intramolecular Hbond substituents is 2. The van der Waals surface area contributed by atoms with Crippen LogP contribution >= 0.6 is 34.8 Å². The number of aromatic hydroxyl groups is 2. The summed E-state index contributed by atoms with van der Waals surface area (Å²) in [5, 5.41) is 23.0. The molecule has 0 aliphatic rings. The Labute approximate surface area is 125 Å². The minimum Gasteiger partial charge on any atom is -0.508 e. The molecule has 0 heterocycles. The summed E-state index contributed by atoms with van der Waals surface area (Å²) in [5.41, 5.74) is 1.28. The summed E-state index contributed by atoms with van der Waals surface area (Å²) in [6.07, 6.45) is 0. The predicted octanol–water partition coefficient (Wildman–Crippen LogP) is 4.67. The molecular formula is C13H10Cl3NO2. The van der Waals surface area contributed by atoms with Gasteiger partial charge in [-0.15, -0.1) is 0 Å². The minimum absolute atomic E-state index is 0.146. The largest absolute Gasteiger partial charge is 0.508 e. The fourth-order valence-electron chi connectivity index (χ4n) is 1.56. The van der Waals surface area contributed by atoms with Crippen molar-refractivity contribution in [3.8, 4) is 11.5 Å². The lowest BCUT2D eigenvalue weighted by molar-refractivity contribution is 0.469. The number of nitrogens with one attached hydrogen (secondary N) is 1. The Morgan fingerprint density at radius 1 is 0.947 bits per heavy atom. The lowest BCUT2D eigenvalue weighted by Crippen LogP contribution is -1.99. The molecule has 0 aliphatic heterocycles. The van der Waals surface area contributed by atoms with Crippen molar-refractivity contribution in [3.05, 3.63) is 51.0 Å². The van der Waals surface area contributed by atoms with Crippen LogP contribution in [-0.4, -0.2) is 10.2 Å². The molecule has 3 nitrogen and oxygen atoms in total. The van der Waals surface area contributed by atoms with Crippen LogP contribution in [0, 0.1) is 0 Å². The van der Waals surface area contributed by atoms with Gasteiger partial charge in [-0.3, -0.25) is 0 Å². The summed E-state index contributed by atoms with van der Waals surface area (Å²) in [4.78, 5) is 0. The number of phenols is 2. The van der Waals surface area contributed by atoms with Crippen molar-refractivity contribution in [2.24, 2.45) is 0 Å². The van der Waals surface area contributed by atoms with Crippen LogP contribution in [0.1, 0.15) is 5.56 Å². The second-order valence-electron chi connectivity index (χ2n) is 3.92. The van der Waals surface area contributed by atoms with E-state index in [0.717, 1.165) is 0 Å². The number of benzene rings is 2. The zero-order valence-corrected chi connectivity index (χ0v) is 11.9. The van der Waals surface area contributed by atoms with Crippen LogP contribution in [0.4, 0.5) is 5.69 Å². The Morgan fingerprint density at radius 3 is 2.21 bits per heavy atom. The highest BCUT2D eigenvalue weighted by Crippen LogP contribution is 2.35. The molecule has 0 saturated heterocycles. The first-order valence-corrected chi connectivity index (χ1v) is 6.50. The van der Waals surface area contributed by atoms with Crippen LogP contribution in [0.25, 0.3) is 0 Å². The van der Waals surface area contributed by atoms with Crippen molar-refractivity contribution < 1.29 is 10.2 Å². The monoisotopic (exact) mass is 317 g/mol. The molecule has 0 aliphatic carbocycles. The van der Waals surface area contributed by atoms with Crippen molar-refractivity contribution in [1.29, 1.82) is 0 Å². The van der Waals surface area contributed by atoms with E-state index in [0.29, 0.717) is 22.8 Å². The van der Waals surface area contributed by atoms with E-state index < -0.39 is 0 Å². The van der Waals surface area contributed by atoms with Crippen molar-refractivity contribution >= 4 is 40.5 Å². The average Bonchev–Trinajstić information content (AvgIpc) is 2.37. The maximum atomic E-state index is 9.68. The van der Waals surface area contributed by atoms with E-state index in [2.05, 4.69) is 5.32 Å². The van der Waals surface area contributed by atoms with E-state index >= 15 is 0 Å². The van der Waals surface area contributed by atoms with Crippen molar-refractivity contribution in [2.75, 3.05) is 5.32 Å². The molecule has 2 rings (SSSR count). The number of rotatable bonds is 3. The van der Waals surface area contributed by atoms with Crippen LogP contribution in [0.5, 0.6) is 11.5 Å². The standard InChI is InChI=1S/C13H10Cl3NO2/c14-8-1-2-12(18)7(3-8)6-17-9-4-10(15)13(19)11(16)5-9/h1-5,17-19H,6H2. The van der Waals surface area contributed by atoms with Crippen LogP contribution in [-0.2, 0) is 6.54 Å².